The Hall–Kier alpha value is -2.14. The highest BCUT2D eigenvalue weighted by atomic mass is 32.1. The molecule has 2 aromatic rings. The van der Waals surface area contributed by atoms with Crippen molar-refractivity contribution in [3.63, 3.8) is 0 Å². The zero-order valence-corrected chi connectivity index (χ0v) is 14.2. The molecule has 0 saturated carbocycles. The summed E-state index contributed by atoms with van der Waals surface area (Å²) in [5.74, 6) is -0.368. The third-order valence-electron chi connectivity index (χ3n) is 3.15. The summed E-state index contributed by atoms with van der Waals surface area (Å²) in [6.07, 6.45) is 2.08. The summed E-state index contributed by atoms with van der Waals surface area (Å²) >= 11 is 1.71. The maximum absolute atomic E-state index is 11.9. The largest absolute Gasteiger partial charge is 0.459 e. The molecule has 0 aliphatic carbocycles. The maximum atomic E-state index is 11.9. The van der Waals surface area contributed by atoms with Gasteiger partial charge in [-0.25, -0.2) is 4.79 Å². The van der Waals surface area contributed by atoms with Crippen molar-refractivity contribution in [1.29, 1.82) is 0 Å². The normalized spacial score (nSPS) is 10.6. The highest BCUT2D eigenvalue weighted by Gasteiger charge is 2.09. The molecule has 0 saturated heterocycles. The molecule has 23 heavy (non-hydrogen) atoms. The lowest BCUT2D eigenvalue weighted by Gasteiger charge is -2.09. The predicted molar refractivity (Wildman–Crippen MR) is 92.9 cm³/mol. The molecular formula is C18H21NO3S. The molecule has 1 heterocycles. The highest BCUT2D eigenvalue weighted by molar-refractivity contribution is 7.09. The van der Waals surface area contributed by atoms with Gasteiger partial charge in [0.25, 0.3) is 0 Å². The molecule has 0 fully saturated rings. The molecule has 0 radical (unpaired) electrons. The van der Waals surface area contributed by atoms with Crippen molar-refractivity contribution in [3.8, 4) is 0 Å². The van der Waals surface area contributed by atoms with E-state index in [4.69, 9.17) is 4.74 Å². The molecule has 1 aromatic carbocycles. The Morgan fingerprint density at radius 3 is 2.52 bits per heavy atom. The molecule has 0 spiro atoms. The second-order valence-electron chi connectivity index (χ2n) is 5.51. The van der Waals surface area contributed by atoms with E-state index in [9.17, 15) is 9.59 Å². The molecule has 4 nitrogen and oxygen atoms in total. The van der Waals surface area contributed by atoms with Crippen molar-refractivity contribution < 1.29 is 14.3 Å². The molecule has 0 unspecified atom stereocenters. The van der Waals surface area contributed by atoms with Crippen molar-refractivity contribution in [3.05, 3.63) is 52.2 Å². The minimum absolute atomic E-state index is 0.0148. The quantitative estimate of drug-likeness (QED) is 0.771. The zero-order valence-electron chi connectivity index (χ0n) is 13.4. The number of anilines is 1. The zero-order chi connectivity index (χ0) is 16.7. The van der Waals surface area contributed by atoms with Gasteiger partial charge in [-0.15, -0.1) is 11.3 Å². The van der Waals surface area contributed by atoms with Crippen LogP contribution in [0.4, 0.5) is 5.69 Å². The van der Waals surface area contributed by atoms with Crippen LogP contribution in [0.3, 0.4) is 0 Å². The van der Waals surface area contributed by atoms with Gasteiger partial charge in [0.2, 0.25) is 5.91 Å². The van der Waals surface area contributed by atoms with Crippen molar-refractivity contribution >= 4 is 28.9 Å². The average molecular weight is 331 g/mol. The van der Waals surface area contributed by atoms with E-state index in [1.54, 1.807) is 35.6 Å². The Morgan fingerprint density at radius 2 is 1.91 bits per heavy atom. The molecule has 0 aliphatic rings. The number of carbonyl (C=O) groups is 2. The summed E-state index contributed by atoms with van der Waals surface area (Å²) in [7, 11) is 0. The van der Waals surface area contributed by atoms with Crippen LogP contribution in [-0.2, 0) is 16.0 Å². The Balaban J connectivity index is 1.78. The van der Waals surface area contributed by atoms with Gasteiger partial charge in [0.1, 0.15) is 0 Å². The summed E-state index contributed by atoms with van der Waals surface area (Å²) < 4.78 is 5.12. The van der Waals surface area contributed by atoms with E-state index in [1.807, 2.05) is 25.3 Å². The molecule has 1 N–H and O–H groups in total. The maximum Gasteiger partial charge on any atom is 0.338 e. The first-order valence-corrected chi connectivity index (χ1v) is 8.56. The molecule has 5 heteroatoms. The molecule has 0 atom stereocenters. The van der Waals surface area contributed by atoms with Gasteiger partial charge in [-0.1, -0.05) is 6.07 Å². The number of benzene rings is 1. The molecule has 1 aromatic heterocycles. The van der Waals surface area contributed by atoms with Gasteiger partial charge in [-0.3, -0.25) is 4.79 Å². The van der Waals surface area contributed by atoms with Crippen LogP contribution < -0.4 is 5.32 Å². The highest BCUT2D eigenvalue weighted by Crippen LogP contribution is 2.14. The molecule has 1 amide bonds. The fourth-order valence-corrected chi connectivity index (χ4v) is 2.82. The summed E-state index contributed by atoms with van der Waals surface area (Å²) in [4.78, 5) is 24.9. The van der Waals surface area contributed by atoms with Crippen LogP contribution in [-0.4, -0.2) is 18.0 Å². The first kappa shape index (κ1) is 17.2. The van der Waals surface area contributed by atoms with Gasteiger partial charge in [0.05, 0.1) is 11.7 Å². The van der Waals surface area contributed by atoms with E-state index in [2.05, 4.69) is 11.4 Å². The second kappa shape index (κ2) is 8.48. The summed E-state index contributed by atoms with van der Waals surface area (Å²) in [6.45, 7) is 3.62. The first-order chi connectivity index (χ1) is 11.0. The topological polar surface area (TPSA) is 55.4 Å². The molecule has 0 aliphatic heterocycles. The van der Waals surface area contributed by atoms with Crippen molar-refractivity contribution in [2.45, 2.75) is 39.2 Å². The van der Waals surface area contributed by atoms with Gasteiger partial charge in [-0.05, 0) is 62.4 Å². The molecular weight excluding hydrogens is 310 g/mol. The fourth-order valence-electron chi connectivity index (χ4n) is 2.07. The van der Waals surface area contributed by atoms with Gasteiger partial charge >= 0.3 is 5.97 Å². The van der Waals surface area contributed by atoms with Crippen LogP contribution in [0.2, 0.25) is 0 Å². The monoisotopic (exact) mass is 331 g/mol. The number of esters is 1. The van der Waals surface area contributed by atoms with E-state index in [-0.39, 0.29) is 18.0 Å². The number of thiophene rings is 1. The van der Waals surface area contributed by atoms with Gasteiger partial charge < -0.3 is 10.1 Å². The number of amides is 1. The SMILES string of the molecule is CC(C)OC(=O)c1ccc(NC(=O)CCCc2cccs2)cc1. The lowest BCUT2D eigenvalue weighted by atomic mass is 10.2. The minimum atomic E-state index is -0.353. The Labute approximate surface area is 140 Å². The van der Waals surface area contributed by atoms with Crippen LogP contribution in [0, 0.1) is 0 Å². The van der Waals surface area contributed by atoms with Crippen molar-refractivity contribution in [1.82, 2.24) is 0 Å². The summed E-state index contributed by atoms with van der Waals surface area (Å²) in [5, 5.41) is 4.88. The second-order valence-corrected chi connectivity index (χ2v) is 6.54. The van der Waals surface area contributed by atoms with Gasteiger partial charge in [0.15, 0.2) is 0 Å². The summed E-state index contributed by atoms with van der Waals surface area (Å²) in [6, 6.07) is 10.9. The van der Waals surface area contributed by atoms with Crippen molar-refractivity contribution in [2.24, 2.45) is 0 Å². The van der Waals surface area contributed by atoms with Crippen LogP contribution in [0.5, 0.6) is 0 Å². The fraction of sp³-hybridized carbons (Fsp3) is 0.333. The van der Waals surface area contributed by atoms with Gasteiger partial charge in [-0.2, -0.15) is 0 Å². The number of carbonyl (C=O) groups excluding carboxylic acids is 2. The average Bonchev–Trinajstić information content (AvgIpc) is 3.00. The smallest absolute Gasteiger partial charge is 0.338 e. The third-order valence-corrected chi connectivity index (χ3v) is 4.09. The van der Waals surface area contributed by atoms with E-state index in [0.717, 1.165) is 12.8 Å². The van der Waals surface area contributed by atoms with Crippen LogP contribution in [0.15, 0.2) is 41.8 Å². The number of aryl methyl sites for hydroxylation is 1. The molecule has 0 bridgehead atoms. The number of hydrogen-bond acceptors (Lipinski definition) is 4. The summed E-state index contributed by atoms with van der Waals surface area (Å²) in [5.41, 5.74) is 1.17. The van der Waals surface area contributed by atoms with Crippen LogP contribution in [0.1, 0.15) is 41.9 Å². The van der Waals surface area contributed by atoms with E-state index in [0.29, 0.717) is 17.7 Å². The molecule has 2 rings (SSSR count). The number of nitrogens with one attached hydrogen (secondary N) is 1. The lowest BCUT2D eigenvalue weighted by Crippen LogP contribution is -2.13. The Bertz CT molecular complexity index is 633. The first-order valence-electron chi connectivity index (χ1n) is 7.68. The number of hydrogen-bond donors (Lipinski definition) is 1. The predicted octanol–water partition coefficient (Wildman–Crippen LogP) is 4.27. The van der Waals surface area contributed by atoms with Crippen LogP contribution in [0.25, 0.3) is 0 Å². The third kappa shape index (κ3) is 5.87. The number of ether oxygens (including phenoxy) is 1. The van der Waals surface area contributed by atoms with E-state index < -0.39 is 0 Å². The standard InChI is InChI=1S/C18H21NO3S/c1-13(2)22-18(21)14-8-10-15(11-9-14)19-17(20)7-3-5-16-6-4-12-23-16/h4,6,8-13H,3,5,7H2,1-2H3,(H,19,20). The Morgan fingerprint density at radius 1 is 1.17 bits per heavy atom. The lowest BCUT2D eigenvalue weighted by molar-refractivity contribution is -0.116. The minimum Gasteiger partial charge on any atom is -0.459 e. The van der Waals surface area contributed by atoms with Crippen LogP contribution >= 0.6 is 11.3 Å². The Kier molecular flexibility index (Phi) is 6.35. The van der Waals surface area contributed by atoms with Crippen molar-refractivity contribution in [2.75, 3.05) is 5.32 Å². The van der Waals surface area contributed by atoms with E-state index in [1.165, 1.54) is 4.88 Å². The molecule has 122 valence electrons. The van der Waals surface area contributed by atoms with Gasteiger partial charge in [0, 0.05) is 17.0 Å². The number of rotatable bonds is 7. The van der Waals surface area contributed by atoms with E-state index >= 15 is 0 Å².